The summed E-state index contributed by atoms with van der Waals surface area (Å²) in [6.07, 6.45) is 3.85. The average Bonchev–Trinajstić information content (AvgIpc) is 2.19. The van der Waals surface area contributed by atoms with E-state index in [4.69, 9.17) is 5.26 Å². The molecule has 2 nitrogen and oxygen atoms in total. The van der Waals surface area contributed by atoms with Gasteiger partial charge in [0.15, 0.2) is 0 Å². The molecule has 0 saturated heterocycles. The van der Waals surface area contributed by atoms with Gasteiger partial charge >= 0.3 is 0 Å². The second-order valence-electron chi connectivity index (χ2n) is 3.64. The Labute approximate surface area is 78.2 Å². The summed E-state index contributed by atoms with van der Waals surface area (Å²) < 4.78 is 0. The van der Waals surface area contributed by atoms with Crippen molar-refractivity contribution >= 4 is 0 Å². The van der Waals surface area contributed by atoms with E-state index in [1.54, 1.807) is 6.20 Å². The van der Waals surface area contributed by atoms with Gasteiger partial charge in [-0.2, -0.15) is 5.26 Å². The fourth-order valence-corrected chi connectivity index (χ4v) is 1.97. The Kier molecular flexibility index (Phi) is 2.02. The molecule has 0 saturated carbocycles. The van der Waals surface area contributed by atoms with E-state index >= 15 is 0 Å². The summed E-state index contributed by atoms with van der Waals surface area (Å²) in [6, 6.07) is 6.37. The molecule has 1 aliphatic carbocycles. The van der Waals surface area contributed by atoms with Crippen molar-refractivity contribution in [3.63, 3.8) is 0 Å². The van der Waals surface area contributed by atoms with Crippen LogP contribution in [0.2, 0.25) is 0 Å². The molecule has 1 aromatic rings. The van der Waals surface area contributed by atoms with Gasteiger partial charge in [-0.3, -0.25) is 4.98 Å². The van der Waals surface area contributed by atoms with Gasteiger partial charge in [-0.15, -0.1) is 0 Å². The summed E-state index contributed by atoms with van der Waals surface area (Å²) >= 11 is 0. The third-order valence-corrected chi connectivity index (χ3v) is 2.78. The molecule has 1 aromatic heterocycles. The highest BCUT2D eigenvalue weighted by molar-refractivity contribution is 5.32. The van der Waals surface area contributed by atoms with E-state index in [9.17, 15) is 0 Å². The van der Waals surface area contributed by atoms with E-state index in [-0.39, 0.29) is 5.92 Å². The molecule has 0 N–H and O–H groups in total. The molecule has 0 aliphatic heterocycles. The number of pyridine rings is 1. The molecule has 0 radical (unpaired) electrons. The van der Waals surface area contributed by atoms with Crippen LogP contribution in [0.1, 0.15) is 42.9 Å². The van der Waals surface area contributed by atoms with Crippen LogP contribution in [0, 0.1) is 11.3 Å². The minimum absolute atomic E-state index is 0.0207. The average molecular weight is 172 g/mol. The molecule has 66 valence electrons. The highest BCUT2D eigenvalue weighted by Crippen LogP contribution is 2.36. The minimum Gasteiger partial charge on any atom is -0.260 e. The van der Waals surface area contributed by atoms with E-state index in [0.29, 0.717) is 5.92 Å². The highest BCUT2D eigenvalue weighted by Gasteiger charge is 2.25. The quantitative estimate of drug-likeness (QED) is 0.603. The van der Waals surface area contributed by atoms with E-state index < -0.39 is 0 Å². The maximum atomic E-state index is 8.93. The lowest BCUT2D eigenvalue weighted by Crippen LogP contribution is -2.13. The van der Waals surface area contributed by atoms with Crippen LogP contribution in [0.15, 0.2) is 18.3 Å². The standard InChI is InChI=1S/C11H12N2/c1-8-4-5-9(7-12)11-10(8)3-2-6-13-11/h2-3,6,8-9H,4-5H2,1H3/t8-,9-/m1/s1. The predicted molar refractivity (Wildman–Crippen MR) is 50.2 cm³/mol. The van der Waals surface area contributed by atoms with Crippen molar-refractivity contribution in [1.82, 2.24) is 4.98 Å². The fraction of sp³-hybridized carbons (Fsp3) is 0.455. The van der Waals surface area contributed by atoms with Gasteiger partial charge in [-0.25, -0.2) is 0 Å². The van der Waals surface area contributed by atoms with Crippen molar-refractivity contribution in [3.05, 3.63) is 29.6 Å². The minimum atomic E-state index is 0.0207. The normalized spacial score (nSPS) is 26.2. The summed E-state index contributed by atoms with van der Waals surface area (Å²) in [7, 11) is 0. The molecule has 13 heavy (non-hydrogen) atoms. The van der Waals surface area contributed by atoms with Crippen molar-refractivity contribution in [1.29, 1.82) is 5.26 Å². The van der Waals surface area contributed by atoms with E-state index in [2.05, 4.69) is 24.0 Å². The fourth-order valence-electron chi connectivity index (χ4n) is 1.97. The molecule has 2 heteroatoms. The van der Waals surface area contributed by atoms with Crippen molar-refractivity contribution < 1.29 is 0 Å². The zero-order valence-electron chi connectivity index (χ0n) is 7.70. The predicted octanol–water partition coefficient (Wildman–Crippen LogP) is 2.59. The summed E-state index contributed by atoms with van der Waals surface area (Å²) in [5.41, 5.74) is 2.27. The first-order valence-electron chi connectivity index (χ1n) is 4.67. The number of nitriles is 1. The molecule has 0 fully saturated rings. The van der Waals surface area contributed by atoms with Crippen LogP contribution in [0.5, 0.6) is 0 Å². The number of hydrogen-bond acceptors (Lipinski definition) is 2. The summed E-state index contributed by atoms with van der Waals surface area (Å²) in [4.78, 5) is 4.30. The Morgan fingerprint density at radius 2 is 2.38 bits per heavy atom. The third-order valence-electron chi connectivity index (χ3n) is 2.78. The van der Waals surface area contributed by atoms with Gasteiger partial charge in [0.2, 0.25) is 0 Å². The van der Waals surface area contributed by atoms with Crippen molar-refractivity contribution in [3.8, 4) is 6.07 Å². The lowest BCUT2D eigenvalue weighted by molar-refractivity contribution is 0.546. The van der Waals surface area contributed by atoms with Crippen LogP contribution >= 0.6 is 0 Å². The maximum absolute atomic E-state index is 8.93. The lowest BCUT2D eigenvalue weighted by Gasteiger charge is -2.24. The smallest absolute Gasteiger partial charge is 0.0887 e. The van der Waals surface area contributed by atoms with Gasteiger partial charge in [0.1, 0.15) is 0 Å². The van der Waals surface area contributed by atoms with Crippen LogP contribution < -0.4 is 0 Å². The van der Waals surface area contributed by atoms with Gasteiger partial charge in [0, 0.05) is 6.20 Å². The summed E-state index contributed by atoms with van der Waals surface area (Å²) in [6.45, 7) is 2.20. The van der Waals surface area contributed by atoms with E-state index in [1.165, 1.54) is 5.56 Å². The Morgan fingerprint density at radius 1 is 1.54 bits per heavy atom. The van der Waals surface area contributed by atoms with Gasteiger partial charge in [-0.1, -0.05) is 13.0 Å². The Balaban J connectivity index is 2.49. The first-order chi connectivity index (χ1) is 6.33. The molecule has 0 unspecified atom stereocenters. The first-order valence-corrected chi connectivity index (χ1v) is 4.67. The molecule has 2 atom stereocenters. The summed E-state index contributed by atoms with van der Waals surface area (Å²) in [5.74, 6) is 0.584. The molecule has 0 bridgehead atoms. The van der Waals surface area contributed by atoms with Crippen LogP contribution in [-0.2, 0) is 0 Å². The van der Waals surface area contributed by atoms with Crippen LogP contribution in [-0.4, -0.2) is 4.98 Å². The molecule has 1 aliphatic rings. The molecule has 0 spiro atoms. The molecule has 0 aromatic carbocycles. The molecule has 0 amide bonds. The first kappa shape index (κ1) is 8.25. The zero-order valence-corrected chi connectivity index (χ0v) is 7.70. The number of aromatic nitrogens is 1. The second kappa shape index (κ2) is 3.18. The number of hydrogen-bond donors (Lipinski definition) is 0. The Hall–Kier alpha value is -1.36. The van der Waals surface area contributed by atoms with E-state index in [0.717, 1.165) is 18.5 Å². The molecular weight excluding hydrogens is 160 g/mol. The summed E-state index contributed by atoms with van der Waals surface area (Å²) in [5, 5.41) is 8.93. The van der Waals surface area contributed by atoms with Crippen molar-refractivity contribution in [2.75, 3.05) is 0 Å². The molecular formula is C11H12N2. The monoisotopic (exact) mass is 172 g/mol. The van der Waals surface area contributed by atoms with Gasteiger partial charge < -0.3 is 0 Å². The van der Waals surface area contributed by atoms with Crippen LogP contribution in [0.3, 0.4) is 0 Å². The van der Waals surface area contributed by atoms with Crippen LogP contribution in [0.4, 0.5) is 0 Å². The maximum Gasteiger partial charge on any atom is 0.0887 e. The van der Waals surface area contributed by atoms with E-state index in [1.807, 2.05) is 6.07 Å². The van der Waals surface area contributed by atoms with Gasteiger partial charge in [0.05, 0.1) is 17.7 Å². The number of fused-ring (bicyclic) bond motifs is 1. The zero-order chi connectivity index (χ0) is 9.26. The SMILES string of the molecule is C[C@@H]1CC[C@H](C#N)c2ncccc21. The van der Waals surface area contributed by atoms with Crippen molar-refractivity contribution in [2.45, 2.75) is 31.6 Å². The topological polar surface area (TPSA) is 36.7 Å². The second-order valence-corrected chi connectivity index (χ2v) is 3.64. The highest BCUT2D eigenvalue weighted by atomic mass is 14.7. The van der Waals surface area contributed by atoms with Gasteiger partial charge in [-0.05, 0) is 30.4 Å². The molecule has 1 heterocycles. The largest absolute Gasteiger partial charge is 0.260 e. The number of nitrogens with zero attached hydrogens (tertiary/aromatic N) is 2. The third kappa shape index (κ3) is 1.31. The lowest BCUT2D eigenvalue weighted by atomic mass is 9.81. The Bertz CT molecular complexity index is 351. The molecule has 2 rings (SSSR count). The van der Waals surface area contributed by atoms with Crippen molar-refractivity contribution in [2.24, 2.45) is 0 Å². The Morgan fingerprint density at radius 3 is 3.15 bits per heavy atom. The number of rotatable bonds is 0. The van der Waals surface area contributed by atoms with Crippen LogP contribution in [0.25, 0.3) is 0 Å². The van der Waals surface area contributed by atoms with Gasteiger partial charge in [0.25, 0.3) is 0 Å².